The predicted molar refractivity (Wildman–Crippen MR) is 143 cm³/mol. The van der Waals surface area contributed by atoms with Crippen molar-refractivity contribution >= 4 is 41.1 Å². The third-order valence-electron chi connectivity index (χ3n) is 5.13. The van der Waals surface area contributed by atoms with Crippen LogP contribution in [0.25, 0.3) is 0 Å². The first-order valence-electron chi connectivity index (χ1n) is 11.4. The van der Waals surface area contributed by atoms with E-state index in [1.54, 1.807) is 12.1 Å². The van der Waals surface area contributed by atoms with Gasteiger partial charge < -0.3 is 20.5 Å². The number of hydrogen-bond donors (Lipinski definition) is 4. The molecule has 0 aliphatic heterocycles. The Bertz CT molecular complexity index is 1550. The summed E-state index contributed by atoms with van der Waals surface area (Å²) in [5.74, 6) is 0.208. The lowest BCUT2D eigenvalue weighted by Gasteiger charge is -2.13. The van der Waals surface area contributed by atoms with Crippen molar-refractivity contribution in [1.29, 1.82) is 0 Å². The molecule has 0 atom stereocenters. The number of carbonyl (C=O) groups excluding carboxylic acids is 2. The summed E-state index contributed by atoms with van der Waals surface area (Å²) in [6.45, 7) is 0. The molecule has 1 aromatic heterocycles. The number of nitrogens with one attached hydrogen (secondary N) is 3. The number of nitrogens with zero attached hydrogens (tertiary/aromatic N) is 2. The van der Waals surface area contributed by atoms with E-state index in [0.29, 0.717) is 22.7 Å². The lowest BCUT2D eigenvalue weighted by molar-refractivity contribution is -0.137. The van der Waals surface area contributed by atoms with Gasteiger partial charge in [0.15, 0.2) is 0 Å². The first-order chi connectivity index (χ1) is 19.1. The van der Waals surface area contributed by atoms with Crippen molar-refractivity contribution in [3.63, 3.8) is 0 Å². The molecule has 0 spiro atoms. The van der Waals surface area contributed by atoms with E-state index in [-0.39, 0.29) is 22.2 Å². The van der Waals surface area contributed by atoms with Gasteiger partial charge in [0.2, 0.25) is 0 Å². The van der Waals surface area contributed by atoms with Gasteiger partial charge in [0.05, 0.1) is 22.5 Å². The molecule has 0 unspecified atom stereocenters. The maximum absolute atomic E-state index is 12.9. The number of amides is 3. The first kappa shape index (κ1) is 27.9. The summed E-state index contributed by atoms with van der Waals surface area (Å²) >= 11 is 5.91. The summed E-state index contributed by atoms with van der Waals surface area (Å²) in [5.41, 5.74) is 2.24. The third-order valence-corrected chi connectivity index (χ3v) is 5.46. The highest BCUT2D eigenvalue weighted by atomic mass is 35.5. The van der Waals surface area contributed by atoms with Crippen LogP contribution in [0.3, 0.4) is 0 Å². The van der Waals surface area contributed by atoms with Crippen molar-refractivity contribution in [2.45, 2.75) is 6.18 Å². The van der Waals surface area contributed by atoms with Crippen LogP contribution in [-0.4, -0.2) is 28.2 Å². The van der Waals surface area contributed by atoms with Gasteiger partial charge in [0.25, 0.3) is 5.91 Å². The zero-order chi connectivity index (χ0) is 28.7. The number of benzene rings is 3. The van der Waals surface area contributed by atoms with Crippen LogP contribution in [0, 0.1) is 0 Å². The Labute approximate surface area is 230 Å². The fourth-order valence-electron chi connectivity index (χ4n) is 3.21. The molecule has 4 N–H and O–H groups in total. The second-order valence-corrected chi connectivity index (χ2v) is 8.47. The molecule has 0 bridgehead atoms. The molecule has 0 fully saturated rings. The molecule has 0 aliphatic rings. The average Bonchev–Trinajstić information content (AvgIpc) is 2.91. The summed E-state index contributed by atoms with van der Waals surface area (Å²) < 4.78 is 44.6. The molecule has 3 amide bonds. The van der Waals surface area contributed by atoms with Crippen LogP contribution in [0.15, 0.2) is 90.2 Å². The number of hydrogen-bond acceptors (Lipinski definition) is 6. The van der Waals surface area contributed by atoms with Gasteiger partial charge in [-0.15, -0.1) is 0 Å². The second-order valence-electron chi connectivity index (χ2n) is 8.07. The standard InChI is InChI=1S/C27H19ClF3N5O4/c28-22-10-3-17(27(29,30)31)13-23(22)35-26(39)34-18-4-8-20(9-5-18)40-21-11-12-32-24(14-21)25(38)36-33-15-16-1-6-19(37)7-2-16/h1-15,37H,(H,36,38)(H2,34,35,39)/b33-15+. The highest BCUT2D eigenvalue weighted by Crippen LogP contribution is 2.34. The second kappa shape index (κ2) is 12.2. The van der Waals surface area contributed by atoms with Crippen LogP contribution in [0.5, 0.6) is 17.2 Å². The molecular weight excluding hydrogens is 551 g/mol. The summed E-state index contributed by atoms with van der Waals surface area (Å²) in [6, 6.07) is 17.1. The molecule has 0 radical (unpaired) electrons. The molecule has 13 heteroatoms. The van der Waals surface area contributed by atoms with E-state index in [0.717, 1.165) is 18.2 Å². The molecule has 1 heterocycles. The van der Waals surface area contributed by atoms with Gasteiger partial charge >= 0.3 is 12.2 Å². The van der Waals surface area contributed by atoms with E-state index >= 15 is 0 Å². The Morgan fingerprint density at radius 1 is 0.925 bits per heavy atom. The smallest absolute Gasteiger partial charge is 0.416 e. The van der Waals surface area contributed by atoms with E-state index in [1.807, 2.05) is 0 Å². The van der Waals surface area contributed by atoms with Gasteiger partial charge in [-0.1, -0.05) is 11.6 Å². The molecule has 9 nitrogen and oxygen atoms in total. The van der Waals surface area contributed by atoms with E-state index in [1.165, 1.54) is 60.9 Å². The van der Waals surface area contributed by atoms with Gasteiger partial charge in [-0.25, -0.2) is 10.2 Å². The molecule has 4 rings (SSSR count). The number of phenolic OH excluding ortho intramolecular Hbond substituents is 1. The van der Waals surface area contributed by atoms with Crippen LogP contribution in [-0.2, 0) is 6.18 Å². The topological polar surface area (TPSA) is 125 Å². The van der Waals surface area contributed by atoms with Crippen LogP contribution in [0.4, 0.5) is 29.3 Å². The number of ether oxygens (including phenoxy) is 1. The zero-order valence-corrected chi connectivity index (χ0v) is 21.0. The predicted octanol–water partition coefficient (Wildman–Crippen LogP) is 6.66. The maximum Gasteiger partial charge on any atom is 0.416 e. The van der Waals surface area contributed by atoms with Crippen LogP contribution >= 0.6 is 11.6 Å². The highest BCUT2D eigenvalue weighted by molar-refractivity contribution is 6.33. The monoisotopic (exact) mass is 569 g/mol. The molecule has 0 aliphatic carbocycles. The van der Waals surface area contributed by atoms with E-state index in [2.05, 4.69) is 26.1 Å². The van der Waals surface area contributed by atoms with Crippen LogP contribution in [0.1, 0.15) is 21.6 Å². The van der Waals surface area contributed by atoms with Gasteiger partial charge in [-0.05, 0) is 78.4 Å². The summed E-state index contributed by atoms with van der Waals surface area (Å²) in [7, 11) is 0. The molecular formula is C27H19ClF3N5O4. The Hall–Kier alpha value is -5.10. The Kier molecular flexibility index (Phi) is 8.50. The number of alkyl halides is 3. The minimum absolute atomic E-state index is 0.0450. The SMILES string of the molecule is O=C(Nc1ccc(Oc2ccnc(C(=O)N/N=C/c3ccc(O)cc3)c2)cc1)Nc1cc(C(F)(F)F)ccc1Cl. The highest BCUT2D eigenvalue weighted by Gasteiger charge is 2.31. The lowest BCUT2D eigenvalue weighted by atomic mass is 10.2. The fraction of sp³-hybridized carbons (Fsp3) is 0.0370. The van der Waals surface area contributed by atoms with Crippen molar-refractivity contribution in [1.82, 2.24) is 10.4 Å². The van der Waals surface area contributed by atoms with E-state index in [4.69, 9.17) is 16.3 Å². The Morgan fingerprint density at radius 3 is 2.35 bits per heavy atom. The van der Waals surface area contributed by atoms with Gasteiger partial charge in [0.1, 0.15) is 22.9 Å². The van der Waals surface area contributed by atoms with Gasteiger partial charge in [-0.3, -0.25) is 9.78 Å². The van der Waals surface area contributed by atoms with Crippen LogP contribution in [0.2, 0.25) is 5.02 Å². The van der Waals surface area contributed by atoms with Crippen molar-refractivity contribution in [2.75, 3.05) is 10.6 Å². The lowest BCUT2D eigenvalue weighted by Crippen LogP contribution is -2.20. The number of pyridine rings is 1. The Morgan fingerprint density at radius 2 is 1.65 bits per heavy atom. The number of aromatic nitrogens is 1. The van der Waals surface area contributed by atoms with Gasteiger partial charge in [0, 0.05) is 18.0 Å². The van der Waals surface area contributed by atoms with Crippen molar-refractivity contribution < 1.29 is 32.6 Å². The summed E-state index contributed by atoms with van der Waals surface area (Å²) in [6.07, 6.45) is -1.80. The number of carbonyl (C=O) groups is 2. The van der Waals surface area contributed by atoms with E-state index in [9.17, 15) is 27.9 Å². The minimum atomic E-state index is -4.59. The number of rotatable bonds is 7. The zero-order valence-electron chi connectivity index (χ0n) is 20.2. The number of anilines is 2. The number of halogens is 4. The number of hydrazone groups is 1. The average molecular weight is 570 g/mol. The van der Waals surface area contributed by atoms with E-state index < -0.39 is 23.7 Å². The van der Waals surface area contributed by atoms with Gasteiger partial charge in [-0.2, -0.15) is 18.3 Å². The summed E-state index contributed by atoms with van der Waals surface area (Å²) in [5, 5.41) is 17.9. The molecule has 0 saturated carbocycles. The Balaban J connectivity index is 1.33. The molecule has 204 valence electrons. The molecule has 4 aromatic rings. The number of phenols is 1. The van der Waals surface area contributed by atoms with Crippen LogP contribution < -0.4 is 20.8 Å². The quantitative estimate of drug-likeness (QED) is 0.146. The fourth-order valence-corrected chi connectivity index (χ4v) is 3.37. The molecule has 40 heavy (non-hydrogen) atoms. The molecule has 0 saturated heterocycles. The normalized spacial score (nSPS) is 11.2. The van der Waals surface area contributed by atoms with Crippen molar-refractivity contribution in [3.05, 3.63) is 107 Å². The van der Waals surface area contributed by atoms with Crippen molar-refractivity contribution in [3.8, 4) is 17.2 Å². The molecule has 3 aromatic carbocycles. The summed E-state index contributed by atoms with van der Waals surface area (Å²) in [4.78, 5) is 28.7. The third kappa shape index (κ3) is 7.71. The maximum atomic E-state index is 12.9. The number of aromatic hydroxyl groups is 1. The minimum Gasteiger partial charge on any atom is -0.508 e. The largest absolute Gasteiger partial charge is 0.508 e. The first-order valence-corrected chi connectivity index (χ1v) is 11.8. The van der Waals surface area contributed by atoms with Crippen molar-refractivity contribution in [2.24, 2.45) is 5.10 Å². The number of urea groups is 1.